The number of anilines is 1. The smallest absolute Gasteiger partial charge is 0.126 e. The fourth-order valence-corrected chi connectivity index (χ4v) is 2.16. The Balaban J connectivity index is 1.76. The van der Waals surface area contributed by atoms with E-state index in [-0.39, 0.29) is 0 Å². The zero-order valence-electron chi connectivity index (χ0n) is 10.8. The Kier molecular flexibility index (Phi) is 4.34. The van der Waals surface area contributed by atoms with E-state index in [2.05, 4.69) is 34.1 Å². The Morgan fingerprint density at radius 3 is 2.71 bits per heavy atom. The molecule has 94 valence electrons. The lowest BCUT2D eigenvalue weighted by Gasteiger charge is -2.34. The van der Waals surface area contributed by atoms with Crippen molar-refractivity contribution < 1.29 is 0 Å². The van der Waals surface area contributed by atoms with Crippen LogP contribution in [0, 0.1) is 0 Å². The molecule has 0 saturated carbocycles. The second kappa shape index (κ2) is 5.98. The van der Waals surface area contributed by atoms with E-state index >= 15 is 0 Å². The third-order valence-corrected chi connectivity index (χ3v) is 3.19. The molecule has 4 heteroatoms. The van der Waals surface area contributed by atoms with E-state index in [9.17, 15) is 0 Å². The molecule has 1 saturated heterocycles. The zero-order chi connectivity index (χ0) is 12.1. The Morgan fingerprint density at radius 2 is 2.06 bits per heavy atom. The molecule has 1 atom stereocenters. The van der Waals surface area contributed by atoms with Gasteiger partial charge in [-0.25, -0.2) is 4.98 Å². The van der Waals surface area contributed by atoms with Gasteiger partial charge in [0.25, 0.3) is 0 Å². The van der Waals surface area contributed by atoms with Crippen molar-refractivity contribution in [3.63, 3.8) is 0 Å². The summed E-state index contributed by atoms with van der Waals surface area (Å²) >= 11 is 0. The van der Waals surface area contributed by atoms with Gasteiger partial charge in [-0.3, -0.25) is 4.90 Å². The Labute approximate surface area is 104 Å². The summed E-state index contributed by atoms with van der Waals surface area (Å²) in [6.07, 6.45) is 1.82. The normalized spacial score (nSPS) is 20.1. The molecule has 0 unspecified atom stereocenters. The molecule has 0 bridgehead atoms. The van der Waals surface area contributed by atoms with Gasteiger partial charge in [-0.15, -0.1) is 0 Å². The summed E-state index contributed by atoms with van der Waals surface area (Å²) in [6.45, 7) is 8.00. The molecular formula is C13H22N4. The number of pyridine rings is 1. The van der Waals surface area contributed by atoms with Gasteiger partial charge in [-0.05, 0) is 26.1 Å². The number of aromatic nitrogens is 1. The molecule has 0 aliphatic carbocycles. The molecule has 1 aliphatic heterocycles. The minimum Gasteiger partial charge on any atom is -0.366 e. The van der Waals surface area contributed by atoms with Gasteiger partial charge in [-0.2, -0.15) is 0 Å². The third kappa shape index (κ3) is 3.98. The highest BCUT2D eigenvalue weighted by molar-refractivity contribution is 5.34. The highest BCUT2D eigenvalue weighted by Crippen LogP contribution is 2.05. The summed E-state index contributed by atoms with van der Waals surface area (Å²) in [7, 11) is 2.19. The van der Waals surface area contributed by atoms with Gasteiger partial charge in [0.1, 0.15) is 5.82 Å². The number of rotatable bonds is 4. The molecule has 1 aliphatic rings. The van der Waals surface area contributed by atoms with Crippen LogP contribution in [0.15, 0.2) is 24.4 Å². The molecule has 2 rings (SSSR count). The fourth-order valence-electron chi connectivity index (χ4n) is 2.16. The number of likely N-dealkylation sites (N-methyl/N-ethyl adjacent to an activating group) is 1. The molecule has 0 radical (unpaired) electrons. The van der Waals surface area contributed by atoms with Gasteiger partial charge in [0.05, 0.1) is 0 Å². The highest BCUT2D eigenvalue weighted by atomic mass is 15.3. The van der Waals surface area contributed by atoms with Gasteiger partial charge in [0, 0.05) is 45.0 Å². The SMILES string of the molecule is C[C@H](CN1CCN(C)CC1)Nc1ccccn1. The largest absolute Gasteiger partial charge is 0.366 e. The summed E-state index contributed by atoms with van der Waals surface area (Å²) in [5.41, 5.74) is 0. The van der Waals surface area contributed by atoms with Gasteiger partial charge >= 0.3 is 0 Å². The maximum atomic E-state index is 4.29. The molecule has 1 fully saturated rings. The average Bonchev–Trinajstić information content (AvgIpc) is 2.33. The van der Waals surface area contributed by atoms with Crippen LogP contribution in [-0.2, 0) is 0 Å². The van der Waals surface area contributed by atoms with Crippen molar-refractivity contribution in [2.75, 3.05) is 45.1 Å². The van der Waals surface area contributed by atoms with Crippen molar-refractivity contribution in [2.45, 2.75) is 13.0 Å². The number of hydrogen-bond donors (Lipinski definition) is 1. The number of hydrogen-bond acceptors (Lipinski definition) is 4. The first-order valence-electron chi connectivity index (χ1n) is 6.32. The third-order valence-electron chi connectivity index (χ3n) is 3.19. The Morgan fingerprint density at radius 1 is 1.29 bits per heavy atom. The van der Waals surface area contributed by atoms with Crippen LogP contribution in [0.1, 0.15) is 6.92 Å². The van der Waals surface area contributed by atoms with Crippen LogP contribution < -0.4 is 5.32 Å². The van der Waals surface area contributed by atoms with E-state index in [0.717, 1.165) is 12.4 Å². The van der Waals surface area contributed by atoms with Crippen LogP contribution >= 0.6 is 0 Å². The van der Waals surface area contributed by atoms with E-state index in [4.69, 9.17) is 0 Å². The van der Waals surface area contributed by atoms with E-state index in [1.807, 2.05) is 24.4 Å². The van der Waals surface area contributed by atoms with E-state index in [1.165, 1.54) is 26.2 Å². The van der Waals surface area contributed by atoms with Crippen molar-refractivity contribution in [2.24, 2.45) is 0 Å². The van der Waals surface area contributed by atoms with Crippen LogP contribution in [0.2, 0.25) is 0 Å². The van der Waals surface area contributed by atoms with Crippen molar-refractivity contribution in [1.82, 2.24) is 14.8 Å². The fraction of sp³-hybridized carbons (Fsp3) is 0.615. The quantitative estimate of drug-likeness (QED) is 0.846. The lowest BCUT2D eigenvalue weighted by atomic mass is 10.2. The number of piperazine rings is 1. The molecule has 1 N–H and O–H groups in total. The van der Waals surface area contributed by atoms with Crippen molar-refractivity contribution in [1.29, 1.82) is 0 Å². The van der Waals surface area contributed by atoms with Crippen molar-refractivity contribution in [3.05, 3.63) is 24.4 Å². The first kappa shape index (κ1) is 12.3. The first-order chi connectivity index (χ1) is 8.24. The topological polar surface area (TPSA) is 31.4 Å². The zero-order valence-corrected chi connectivity index (χ0v) is 10.8. The van der Waals surface area contributed by atoms with Crippen molar-refractivity contribution >= 4 is 5.82 Å². The molecule has 1 aromatic rings. The van der Waals surface area contributed by atoms with E-state index < -0.39 is 0 Å². The van der Waals surface area contributed by atoms with E-state index in [1.54, 1.807) is 0 Å². The molecule has 4 nitrogen and oxygen atoms in total. The van der Waals surface area contributed by atoms with Gasteiger partial charge < -0.3 is 10.2 Å². The molecule has 17 heavy (non-hydrogen) atoms. The molecule has 2 heterocycles. The van der Waals surface area contributed by atoms with Gasteiger partial charge in [-0.1, -0.05) is 6.07 Å². The molecule has 1 aromatic heterocycles. The Hall–Kier alpha value is -1.13. The second-order valence-corrected chi connectivity index (χ2v) is 4.86. The first-order valence-corrected chi connectivity index (χ1v) is 6.32. The van der Waals surface area contributed by atoms with Crippen LogP contribution in [0.5, 0.6) is 0 Å². The molecule has 0 aromatic carbocycles. The number of nitrogens with one attached hydrogen (secondary N) is 1. The molecule has 0 amide bonds. The summed E-state index contributed by atoms with van der Waals surface area (Å²) in [5, 5.41) is 3.43. The minimum absolute atomic E-state index is 0.438. The van der Waals surface area contributed by atoms with Crippen LogP contribution in [0.3, 0.4) is 0 Å². The Bertz CT molecular complexity index is 319. The van der Waals surface area contributed by atoms with Crippen LogP contribution in [0.4, 0.5) is 5.82 Å². The lowest BCUT2D eigenvalue weighted by molar-refractivity contribution is 0.151. The standard InChI is InChI=1S/C13H22N4/c1-12(15-13-5-3-4-6-14-13)11-17-9-7-16(2)8-10-17/h3-6,12H,7-11H2,1-2H3,(H,14,15)/t12-/m1/s1. The second-order valence-electron chi connectivity index (χ2n) is 4.86. The molecular weight excluding hydrogens is 212 g/mol. The van der Waals surface area contributed by atoms with Crippen molar-refractivity contribution in [3.8, 4) is 0 Å². The van der Waals surface area contributed by atoms with E-state index in [0.29, 0.717) is 6.04 Å². The summed E-state index contributed by atoms with van der Waals surface area (Å²) in [4.78, 5) is 9.18. The maximum Gasteiger partial charge on any atom is 0.126 e. The predicted octanol–water partition coefficient (Wildman–Crippen LogP) is 1.13. The minimum atomic E-state index is 0.438. The maximum absolute atomic E-state index is 4.29. The van der Waals surface area contributed by atoms with Crippen LogP contribution in [0.25, 0.3) is 0 Å². The highest BCUT2D eigenvalue weighted by Gasteiger charge is 2.15. The average molecular weight is 234 g/mol. The predicted molar refractivity (Wildman–Crippen MR) is 71.3 cm³/mol. The molecule has 0 spiro atoms. The number of nitrogens with zero attached hydrogens (tertiary/aromatic N) is 3. The lowest BCUT2D eigenvalue weighted by Crippen LogP contribution is -2.47. The van der Waals surface area contributed by atoms with Gasteiger partial charge in [0.15, 0.2) is 0 Å². The summed E-state index contributed by atoms with van der Waals surface area (Å²) in [5.74, 6) is 0.967. The van der Waals surface area contributed by atoms with Crippen LogP contribution in [-0.4, -0.2) is 60.6 Å². The summed E-state index contributed by atoms with van der Waals surface area (Å²) < 4.78 is 0. The monoisotopic (exact) mass is 234 g/mol. The van der Waals surface area contributed by atoms with Gasteiger partial charge in [0.2, 0.25) is 0 Å². The summed E-state index contributed by atoms with van der Waals surface area (Å²) in [6, 6.07) is 6.41.